The number of aromatic nitrogens is 3. The number of amides is 3. The summed E-state index contributed by atoms with van der Waals surface area (Å²) >= 11 is 6.47. The maximum absolute atomic E-state index is 12.5. The first-order valence-electron chi connectivity index (χ1n) is 11.6. The standard InChI is InChI=1S/C29H19ClN6O3/c1-2-18-6-3-9-21(14-18)33-29(38)34-22-10-4-7-19(15-22)28-35-26(36-39-28)24-12-11-23(16-25(24)30)32-27(37)20-8-5-13-31-17-20/h1,3-17H,(H,32,37)(H2,33,34,38). The summed E-state index contributed by atoms with van der Waals surface area (Å²) < 4.78 is 5.45. The largest absolute Gasteiger partial charge is 0.334 e. The van der Waals surface area contributed by atoms with Gasteiger partial charge in [0.2, 0.25) is 5.82 Å². The molecule has 2 heterocycles. The quantitative estimate of drug-likeness (QED) is 0.219. The smallest absolute Gasteiger partial charge is 0.323 e. The van der Waals surface area contributed by atoms with Crippen LogP contribution in [0.15, 0.2) is 95.8 Å². The van der Waals surface area contributed by atoms with Gasteiger partial charge in [-0.15, -0.1) is 6.42 Å². The lowest BCUT2D eigenvalue weighted by Crippen LogP contribution is -2.19. The summed E-state index contributed by atoms with van der Waals surface area (Å²) in [5.41, 5.74) is 3.79. The first-order chi connectivity index (χ1) is 19.0. The summed E-state index contributed by atoms with van der Waals surface area (Å²) in [5, 5.41) is 12.7. The van der Waals surface area contributed by atoms with E-state index >= 15 is 0 Å². The predicted molar refractivity (Wildman–Crippen MR) is 149 cm³/mol. The van der Waals surface area contributed by atoms with Crippen molar-refractivity contribution in [1.82, 2.24) is 15.1 Å². The highest BCUT2D eigenvalue weighted by Gasteiger charge is 2.15. The van der Waals surface area contributed by atoms with E-state index in [0.29, 0.717) is 44.3 Å². The Hall–Kier alpha value is -5.46. The van der Waals surface area contributed by atoms with Crippen molar-refractivity contribution in [2.45, 2.75) is 0 Å². The Kier molecular flexibility index (Phi) is 7.30. The predicted octanol–water partition coefficient (Wildman–Crippen LogP) is 6.33. The lowest BCUT2D eigenvalue weighted by Gasteiger charge is -2.08. The Morgan fingerprint density at radius 2 is 1.64 bits per heavy atom. The van der Waals surface area contributed by atoms with Crippen molar-refractivity contribution in [2.24, 2.45) is 0 Å². The van der Waals surface area contributed by atoms with Crippen LogP contribution < -0.4 is 16.0 Å². The number of urea groups is 1. The van der Waals surface area contributed by atoms with Gasteiger partial charge in [0.05, 0.1) is 10.6 Å². The molecule has 0 spiro atoms. The van der Waals surface area contributed by atoms with Crippen LogP contribution >= 0.6 is 11.6 Å². The van der Waals surface area contributed by atoms with Gasteiger partial charge in [-0.3, -0.25) is 9.78 Å². The highest BCUT2D eigenvalue weighted by atomic mass is 35.5. The van der Waals surface area contributed by atoms with E-state index in [2.05, 4.69) is 37.0 Å². The number of nitrogens with zero attached hydrogens (tertiary/aromatic N) is 3. The minimum Gasteiger partial charge on any atom is -0.334 e. The maximum atomic E-state index is 12.5. The van der Waals surface area contributed by atoms with Crippen molar-refractivity contribution in [2.75, 3.05) is 16.0 Å². The molecule has 0 aliphatic rings. The van der Waals surface area contributed by atoms with Crippen molar-refractivity contribution in [3.8, 4) is 35.2 Å². The van der Waals surface area contributed by atoms with Crippen molar-refractivity contribution in [1.29, 1.82) is 0 Å². The molecule has 5 rings (SSSR count). The van der Waals surface area contributed by atoms with E-state index in [0.717, 1.165) is 0 Å². The molecule has 0 bridgehead atoms. The molecule has 0 atom stereocenters. The molecular weight excluding hydrogens is 516 g/mol. The number of halogens is 1. The summed E-state index contributed by atoms with van der Waals surface area (Å²) in [6, 6.07) is 21.8. The molecule has 3 aromatic carbocycles. The van der Waals surface area contributed by atoms with Crippen molar-refractivity contribution in [3.63, 3.8) is 0 Å². The van der Waals surface area contributed by atoms with Gasteiger partial charge >= 0.3 is 6.03 Å². The first-order valence-corrected chi connectivity index (χ1v) is 12.0. The fourth-order valence-corrected chi connectivity index (χ4v) is 3.90. The second-order valence-corrected chi connectivity index (χ2v) is 8.61. The van der Waals surface area contributed by atoms with Crippen LogP contribution in [0.25, 0.3) is 22.8 Å². The first kappa shape index (κ1) is 25.2. The zero-order chi connectivity index (χ0) is 27.2. The molecule has 3 N–H and O–H groups in total. The van der Waals surface area contributed by atoms with E-state index in [1.165, 1.54) is 6.20 Å². The Bertz CT molecular complexity index is 1710. The Morgan fingerprint density at radius 1 is 0.872 bits per heavy atom. The lowest BCUT2D eigenvalue weighted by atomic mass is 10.1. The van der Waals surface area contributed by atoms with Gasteiger partial charge in [-0.05, 0) is 66.7 Å². The minimum atomic E-state index is -0.435. The lowest BCUT2D eigenvalue weighted by molar-refractivity contribution is 0.102. The van der Waals surface area contributed by atoms with Crippen LogP contribution in [0.1, 0.15) is 15.9 Å². The van der Waals surface area contributed by atoms with E-state index in [-0.39, 0.29) is 17.6 Å². The monoisotopic (exact) mass is 534 g/mol. The van der Waals surface area contributed by atoms with Crippen molar-refractivity contribution < 1.29 is 14.1 Å². The number of anilines is 3. The highest BCUT2D eigenvalue weighted by molar-refractivity contribution is 6.33. The molecule has 39 heavy (non-hydrogen) atoms. The SMILES string of the molecule is C#Cc1cccc(NC(=O)Nc2cccc(-c3nc(-c4ccc(NC(=O)c5cccnc5)cc4Cl)no3)c2)c1. The second-order valence-electron chi connectivity index (χ2n) is 8.20. The molecule has 190 valence electrons. The van der Waals surface area contributed by atoms with E-state index in [4.69, 9.17) is 22.5 Å². The molecule has 2 aromatic heterocycles. The third-order valence-corrected chi connectivity index (χ3v) is 5.78. The van der Waals surface area contributed by atoms with Crippen LogP contribution in [-0.4, -0.2) is 27.1 Å². The number of benzene rings is 3. The van der Waals surface area contributed by atoms with Gasteiger partial charge in [-0.2, -0.15) is 4.98 Å². The molecule has 9 nitrogen and oxygen atoms in total. The number of carbonyl (C=O) groups is 2. The number of terminal acetylenes is 1. The number of hydrogen-bond acceptors (Lipinski definition) is 6. The van der Waals surface area contributed by atoms with Crippen LogP contribution in [0.3, 0.4) is 0 Å². The number of rotatable bonds is 6. The Balaban J connectivity index is 1.27. The highest BCUT2D eigenvalue weighted by Crippen LogP contribution is 2.31. The van der Waals surface area contributed by atoms with Gasteiger partial charge in [0.25, 0.3) is 11.8 Å². The van der Waals surface area contributed by atoms with Crippen molar-refractivity contribution in [3.05, 3.63) is 107 Å². The van der Waals surface area contributed by atoms with Gasteiger partial charge in [0.15, 0.2) is 0 Å². The number of hydrogen-bond donors (Lipinski definition) is 3. The normalized spacial score (nSPS) is 10.4. The van der Waals surface area contributed by atoms with Gasteiger partial charge in [-0.25, -0.2) is 4.79 Å². The molecule has 0 radical (unpaired) electrons. The Morgan fingerprint density at radius 3 is 2.38 bits per heavy atom. The molecule has 0 aliphatic carbocycles. The van der Waals surface area contributed by atoms with Gasteiger partial charge < -0.3 is 20.5 Å². The number of carbonyl (C=O) groups excluding carboxylic acids is 2. The van der Waals surface area contributed by atoms with Crippen LogP contribution in [0.5, 0.6) is 0 Å². The molecule has 0 aliphatic heterocycles. The summed E-state index contributed by atoms with van der Waals surface area (Å²) in [7, 11) is 0. The van der Waals surface area contributed by atoms with Crippen LogP contribution in [0.2, 0.25) is 5.02 Å². The molecule has 3 amide bonds. The Labute approximate surface area is 228 Å². The average Bonchev–Trinajstić information content (AvgIpc) is 3.44. The molecule has 5 aromatic rings. The molecule has 0 saturated carbocycles. The third kappa shape index (κ3) is 6.10. The van der Waals surface area contributed by atoms with E-state index in [1.807, 2.05) is 0 Å². The van der Waals surface area contributed by atoms with Crippen molar-refractivity contribution >= 4 is 40.6 Å². The van der Waals surface area contributed by atoms with E-state index in [1.54, 1.807) is 85.1 Å². The van der Waals surface area contributed by atoms with E-state index in [9.17, 15) is 9.59 Å². The molecule has 0 fully saturated rings. The molecular formula is C29H19ClN6O3. The fraction of sp³-hybridized carbons (Fsp3) is 0. The maximum Gasteiger partial charge on any atom is 0.323 e. The molecule has 10 heteroatoms. The van der Waals surface area contributed by atoms with Crippen LogP contribution in [0, 0.1) is 12.3 Å². The summed E-state index contributed by atoms with van der Waals surface area (Å²) in [5.74, 6) is 2.72. The van der Waals surface area contributed by atoms with Gasteiger partial charge in [-0.1, -0.05) is 34.8 Å². The van der Waals surface area contributed by atoms with Crippen LogP contribution in [-0.2, 0) is 0 Å². The van der Waals surface area contributed by atoms with E-state index < -0.39 is 6.03 Å². The molecule has 0 unspecified atom stereocenters. The topological polar surface area (TPSA) is 122 Å². The molecule has 0 saturated heterocycles. The zero-order valence-electron chi connectivity index (χ0n) is 20.2. The minimum absolute atomic E-state index is 0.237. The summed E-state index contributed by atoms with van der Waals surface area (Å²) in [4.78, 5) is 33.2. The average molecular weight is 535 g/mol. The van der Waals surface area contributed by atoms with Crippen LogP contribution in [0.4, 0.5) is 21.9 Å². The van der Waals surface area contributed by atoms with Gasteiger partial charge in [0.1, 0.15) is 0 Å². The third-order valence-electron chi connectivity index (χ3n) is 5.47. The number of nitrogens with one attached hydrogen (secondary N) is 3. The zero-order valence-corrected chi connectivity index (χ0v) is 20.9. The fourth-order valence-electron chi connectivity index (χ4n) is 3.63. The summed E-state index contributed by atoms with van der Waals surface area (Å²) in [6.45, 7) is 0. The second kappa shape index (κ2) is 11.3. The van der Waals surface area contributed by atoms with Gasteiger partial charge in [0, 0.05) is 46.1 Å². The summed E-state index contributed by atoms with van der Waals surface area (Å²) in [6.07, 6.45) is 8.48. The number of pyridine rings is 1.